The van der Waals surface area contributed by atoms with Crippen molar-refractivity contribution in [2.75, 3.05) is 7.05 Å². The summed E-state index contributed by atoms with van der Waals surface area (Å²) >= 11 is 0. The highest BCUT2D eigenvalue weighted by Gasteiger charge is 2.00. The van der Waals surface area contributed by atoms with Crippen molar-refractivity contribution in [3.8, 4) is 0 Å². The Morgan fingerprint density at radius 2 is 1.87 bits per heavy atom. The standard InChI is InChI=1S/C13H18N2/c1-10(2)11-4-6-12(7-5-11)13(8-14)9-15-3/h4-10H,14H2,1-3H3/b13-8+,15-9?. The molecule has 1 aromatic carbocycles. The van der Waals surface area contributed by atoms with Crippen LogP contribution in [0.3, 0.4) is 0 Å². The van der Waals surface area contributed by atoms with Gasteiger partial charge in [-0.05, 0) is 17.0 Å². The zero-order chi connectivity index (χ0) is 11.3. The van der Waals surface area contributed by atoms with Crippen LogP contribution in [-0.2, 0) is 0 Å². The topological polar surface area (TPSA) is 38.4 Å². The van der Waals surface area contributed by atoms with E-state index in [1.807, 2.05) is 0 Å². The second-order valence-corrected chi connectivity index (χ2v) is 3.79. The fraction of sp³-hybridized carbons (Fsp3) is 0.308. The van der Waals surface area contributed by atoms with Crippen molar-refractivity contribution in [2.45, 2.75) is 19.8 Å². The van der Waals surface area contributed by atoms with Crippen LogP contribution >= 0.6 is 0 Å². The zero-order valence-corrected chi connectivity index (χ0v) is 9.57. The Bertz CT molecular complexity index is 359. The minimum absolute atomic E-state index is 0.559. The second-order valence-electron chi connectivity index (χ2n) is 3.79. The average molecular weight is 202 g/mol. The molecule has 15 heavy (non-hydrogen) atoms. The number of aliphatic imine (C=N–C) groups is 1. The van der Waals surface area contributed by atoms with E-state index in [2.05, 4.69) is 43.1 Å². The lowest BCUT2D eigenvalue weighted by molar-refractivity contribution is 0.866. The first-order chi connectivity index (χ1) is 7.19. The highest BCUT2D eigenvalue weighted by molar-refractivity contribution is 6.09. The van der Waals surface area contributed by atoms with Gasteiger partial charge < -0.3 is 5.73 Å². The van der Waals surface area contributed by atoms with E-state index >= 15 is 0 Å². The summed E-state index contributed by atoms with van der Waals surface area (Å²) in [6.45, 7) is 4.37. The summed E-state index contributed by atoms with van der Waals surface area (Å²) in [7, 11) is 1.74. The predicted octanol–water partition coefficient (Wildman–Crippen LogP) is 2.81. The third-order valence-corrected chi connectivity index (χ3v) is 2.36. The first kappa shape index (κ1) is 11.5. The van der Waals surface area contributed by atoms with Crippen LogP contribution < -0.4 is 5.73 Å². The van der Waals surface area contributed by atoms with Gasteiger partial charge in [0.05, 0.1) is 0 Å². The molecule has 1 aromatic rings. The number of nitrogens with two attached hydrogens (primary N) is 1. The number of benzene rings is 1. The summed E-state index contributed by atoms with van der Waals surface area (Å²) < 4.78 is 0. The van der Waals surface area contributed by atoms with Crippen LogP contribution in [0.15, 0.2) is 35.5 Å². The molecule has 0 spiro atoms. The summed E-state index contributed by atoms with van der Waals surface area (Å²) in [5.41, 5.74) is 8.93. The van der Waals surface area contributed by atoms with Gasteiger partial charge in [0.25, 0.3) is 0 Å². The fourth-order valence-corrected chi connectivity index (χ4v) is 1.41. The molecule has 2 N–H and O–H groups in total. The van der Waals surface area contributed by atoms with Gasteiger partial charge in [0, 0.05) is 25.0 Å². The Morgan fingerprint density at radius 1 is 1.27 bits per heavy atom. The van der Waals surface area contributed by atoms with Crippen molar-refractivity contribution in [1.29, 1.82) is 0 Å². The molecule has 0 fully saturated rings. The first-order valence-electron chi connectivity index (χ1n) is 5.13. The highest BCUT2D eigenvalue weighted by atomic mass is 14.6. The van der Waals surface area contributed by atoms with E-state index in [1.54, 1.807) is 19.5 Å². The van der Waals surface area contributed by atoms with E-state index in [-0.39, 0.29) is 0 Å². The van der Waals surface area contributed by atoms with Crippen molar-refractivity contribution >= 4 is 11.8 Å². The van der Waals surface area contributed by atoms with E-state index in [0.717, 1.165) is 11.1 Å². The van der Waals surface area contributed by atoms with Gasteiger partial charge in [-0.25, -0.2) is 0 Å². The van der Waals surface area contributed by atoms with Crippen LogP contribution in [0, 0.1) is 0 Å². The molecule has 0 unspecified atom stereocenters. The van der Waals surface area contributed by atoms with Crippen molar-refractivity contribution in [3.05, 3.63) is 41.6 Å². The van der Waals surface area contributed by atoms with Crippen molar-refractivity contribution in [1.82, 2.24) is 0 Å². The molecule has 0 atom stereocenters. The van der Waals surface area contributed by atoms with Crippen LogP contribution in [0.2, 0.25) is 0 Å². The first-order valence-corrected chi connectivity index (χ1v) is 5.13. The number of allylic oxidation sites excluding steroid dienone is 1. The molecule has 0 aliphatic carbocycles. The monoisotopic (exact) mass is 202 g/mol. The molecule has 0 bridgehead atoms. The Kier molecular flexibility index (Phi) is 4.10. The lowest BCUT2D eigenvalue weighted by Crippen LogP contribution is -1.93. The van der Waals surface area contributed by atoms with Crippen molar-refractivity contribution in [2.24, 2.45) is 10.7 Å². The van der Waals surface area contributed by atoms with Crippen molar-refractivity contribution in [3.63, 3.8) is 0 Å². The lowest BCUT2D eigenvalue weighted by Gasteiger charge is -2.06. The minimum Gasteiger partial charge on any atom is -0.404 e. The van der Waals surface area contributed by atoms with E-state index in [9.17, 15) is 0 Å². The van der Waals surface area contributed by atoms with Gasteiger partial charge in [0.1, 0.15) is 0 Å². The molecule has 0 aromatic heterocycles. The Balaban J connectivity index is 2.97. The highest BCUT2D eigenvalue weighted by Crippen LogP contribution is 2.18. The third kappa shape index (κ3) is 2.94. The normalized spacial score (nSPS) is 12.7. The smallest absolute Gasteiger partial charge is 0.0301 e. The Morgan fingerprint density at radius 3 is 2.27 bits per heavy atom. The van der Waals surface area contributed by atoms with Crippen molar-refractivity contribution < 1.29 is 0 Å². The van der Waals surface area contributed by atoms with Crippen LogP contribution in [0.4, 0.5) is 0 Å². The maximum atomic E-state index is 5.54. The quantitative estimate of drug-likeness (QED) is 0.752. The molecule has 0 saturated heterocycles. The number of nitrogens with zero attached hydrogens (tertiary/aromatic N) is 1. The molecule has 2 nitrogen and oxygen atoms in total. The van der Waals surface area contributed by atoms with Gasteiger partial charge in [0.2, 0.25) is 0 Å². The second kappa shape index (κ2) is 5.35. The minimum atomic E-state index is 0.559. The van der Waals surface area contributed by atoms with Gasteiger partial charge in [-0.2, -0.15) is 0 Å². The maximum Gasteiger partial charge on any atom is 0.0301 e. The van der Waals surface area contributed by atoms with Gasteiger partial charge in [0.15, 0.2) is 0 Å². The van der Waals surface area contributed by atoms with Gasteiger partial charge in [-0.15, -0.1) is 0 Å². The van der Waals surface area contributed by atoms with E-state index in [0.29, 0.717) is 5.92 Å². The SMILES string of the molecule is CN=C/C(=C\N)c1ccc(C(C)C)cc1. The molecular weight excluding hydrogens is 184 g/mol. The summed E-state index contributed by atoms with van der Waals surface area (Å²) in [6, 6.07) is 8.42. The molecule has 0 radical (unpaired) electrons. The van der Waals surface area contributed by atoms with E-state index in [4.69, 9.17) is 5.73 Å². The van der Waals surface area contributed by atoms with Crippen LogP contribution in [0.1, 0.15) is 30.9 Å². The molecule has 2 heteroatoms. The number of rotatable bonds is 3. The zero-order valence-electron chi connectivity index (χ0n) is 9.57. The third-order valence-electron chi connectivity index (χ3n) is 2.36. The number of hydrogen-bond donors (Lipinski definition) is 1. The van der Waals surface area contributed by atoms with E-state index < -0.39 is 0 Å². The van der Waals surface area contributed by atoms with Gasteiger partial charge in [-0.1, -0.05) is 38.1 Å². The summed E-state index contributed by atoms with van der Waals surface area (Å²) in [5.74, 6) is 0.559. The maximum absolute atomic E-state index is 5.54. The lowest BCUT2D eigenvalue weighted by atomic mass is 9.99. The number of hydrogen-bond acceptors (Lipinski definition) is 2. The van der Waals surface area contributed by atoms with Crippen LogP contribution in [0.25, 0.3) is 5.57 Å². The van der Waals surface area contributed by atoms with Crippen LogP contribution in [-0.4, -0.2) is 13.3 Å². The van der Waals surface area contributed by atoms with Gasteiger partial charge in [-0.3, -0.25) is 4.99 Å². The average Bonchev–Trinajstić information content (AvgIpc) is 2.26. The Hall–Kier alpha value is -1.57. The Labute approximate surface area is 91.5 Å². The fourth-order valence-electron chi connectivity index (χ4n) is 1.41. The molecule has 0 aliphatic heterocycles. The predicted molar refractivity (Wildman–Crippen MR) is 67.1 cm³/mol. The van der Waals surface area contributed by atoms with Gasteiger partial charge >= 0.3 is 0 Å². The largest absolute Gasteiger partial charge is 0.404 e. The molecule has 0 saturated carbocycles. The molecule has 0 amide bonds. The van der Waals surface area contributed by atoms with E-state index in [1.165, 1.54) is 5.56 Å². The molecular formula is C13H18N2. The molecule has 1 rings (SSSR count). The molecule has 0 heterocycles. The summed E-state index contributed by atoms with van der Waals surface area (Å²) in [5, 5.41) is 0. The van der Waals surface area contributed by atoms with Crippen LogP contribution in [0.5, 0.6) is 0 Å². The summed E-state index contributed by atoms with van der Waals surface area (Å²) in [6.07, 6.45) is 3.35. The molecule has 0 aliphatic rings. The summed E-state index contributed by atoms with van der Waals surface area (Å²) in [4.78, 5) is 3.97. The molecule has 80 valence electrons.